The van der Waals surface area contributed by atoms with Crippen molar-refractivity contribution in [3.05, 3.63) is 0 Å². The maximum Gasteiger partial charge on any atom is 0.516 e. The Morgan fingerprint density at radius 3 is 2.27 bits per heavy atom. The van der Waals surface area contributed by atoms with Crippen molar-refractivity contribution < 1.29 is 19.1 Å². The predicted molar refractivity (Wildman–Crippen MR) is 55.2 cm³/mol. The van der Waals surface area contributed by atoms with Crippen molar-refractivity contribution in [3.8, 4) is 0 Å². The third kappa shape index (κ3) is 7.93. The third-order valence-corrected chi connectivity index (χ3v) is 1.50. The molecule has 0 saturated carbocycles. The number of esters is 1. The number of ether oxygens (including phenoxy) is 2. The van der Waals surface area contributed by atoms with Crippen molar-refractivity contribution in [2.75, 3.05) is 6.54 Å². The minimum absolute atomic E-state index is 0.0000586. The number of carbonyl (C=O) groups excluding carboxylic acids is 2. The van der Waals surface area contributed by atoms with Gasteiger partial charge in [0.15, 0.2) is 0 Å². The Balaban J connectivity index is 3.92. The molecule has 0 rings (SSSR count). The van der Waals surface area contributed by atoms with Gasteiger partial charge in [-0.05, 0) is 33.2 Å². The van der Waals surface area contributed by atoms with E-state index in [1.54, 1.807) is 27.7 Å². The molecule has 0 aromatic heterocycles. The Morgan fingerprint density at radius 2 is 1.87 bits per heavy atom. The van der Waals surface area contributed by atoms with Crippen LogP contribution in [0.5, 0.6) is 0 Å². The van der Waals surface area contributed by atoms with E-state index in [1.165, 1.54) is 0 Å². The monoisotopic (exact) mass is 217 g/mol. The van der Waals surface area contributed by atoms with Crippen molar-refractivity contribution in [3.63, 3.8) is 0 Å². The molecule has 0 fully saturated rings. The molecule has 1 atom stereocenters. The predicted octanol–water partition coefficient (Wildman–Crippen LogP) is 1.45. The van der Waals surface area contributed by atoms with Gasteiger partial charge in [0, 0.05) is 6.42 Å². The van der Waals surface area contributed by atoms with Crippen LogP contribution in [0.4, 0.5) is 4.79 Å². The molecule has 0 bridgehead atoms. The van der Waals surface area contributed by atoms with E-state index in [1.807, 2.05) is 0 Å². The number of hydrogen-bond acceptors (Lipinski definition) is 5. The first-order chi connectivity index (χ1) is 6.74. The van der Waals surface area contributed by atoms with Crippen molar-refractivity contribution >= 4 is 12.1 Å². The normalized spacial score (nSPS) is 13.1. The summed E-state index contributed by atoms with van der Waals surface area (Å²) in [4.78, 5) is 22.2. The molecule has 0 amide bonds. The second-order valence-electron chi connectivity index (χ2n) is 4.48. The van der Waals surface area contributed by atoms with Gasteiger partial charge >= 0.3 is 12.1 Å². The van der Waals surface area contributed by atoms with Crippen LogP contribution in [0.3, 0.4) is 0 Å². The van der Waals surface area contributed by atoms with Crippen LogP contribution in [0.2, 0.25) is 0 Å². The minimum atomic E-state index is -0.961. The van der Waals surface area contributed by atoms with Gasteiger partial charge < -0.3 is 15.2 Å². The molecule has 0 heterocycles. The molecule has 0 aliphatic heterocycles. The Morgan fingerprint density at radius 1 is 1.33 bits per heavy atom. The Bertz CT molecular complexity index is 232. The van der Waals surface area contributed by atoms with Crippen molar-refractivity contribution in [1.82, 2.24) is 0 Å². The average Bonchev–Trinajstić information content (AvgIpc) is 1.99. The second kappa shape index (κ2) is 5.70. The summed E-state index contributed by atoms with van der Waals surface area (Å²) in [7, 11) is 0. The van der Waals surface area contributed by atoms with Gasteiger partial charge in [0.25, 0.3) is 0 Å². The molecule has 5 nitrogen and oxygen atoms in total. The fourth-order valence-corrected chi connectivity index (χ4v) is 0.773. The molecule has 5 heteroatoms. The fraction of sp³-hybridized carbons (Fsp3) is 0.800. The average molecular weight is 217 g/mol. The smallest absolute Gasteiger partial charge is 0.428 e. The molecule has 0 saturated heterocycles. The zero-order valence-corrected chi connectivity index (χ0v) is 9.70. The largest absolute Gasteiger partial charge is 0.516 e. The summed E-state index contributed by atoms with van der Waals surface area (Å²) in [6.45, 7) is 7.27. The van der Waals surface area contributed by atoms with Gasteiger partial charge in [-0.3, -0.25) is 4.79 Å². The standard InChI is InChI=1S/C10H19NO4/c1-7(6-11)5-8(12)14-9(13)15-10(2,3)4/h7H,5-6,11H2,1-4H3. The van der Waals surface area contributed by atoms with Gasteiger partial charge in [-0.1, -0.05) is 6.92 Å². The lowest BCUT2D eigenvalue weighted by atomic mass is 10.1. The second-order valence-corrected chi connectivity index (χ2v) is 4.48. The molecule has 0 radical (unpaired) electrons. The van der Waals surface area contributed by atoms with E-state index >= 15 is 0 Å². The van der Waals surface area contributed by atoms with Crippen LogP contribution in [-0.4, -0.2) is 24.3 Å². The van der Waals surface area contributed by atoms with Gasteiger partial charge in [-0.15, -0.1) is 0 Å². The van der Waals surface area contributed by atoms with Crippen LogP contribution in [0.25, 0.3) is 0 Å². The molecular weight excluding hydrogens is 198 g/mol. The van der Waals surface area contributed by atoms with E-state index in [9.17, 15) is 9.59 Å². The van der Waals surface area contributed by atoms with Crippen LogP contribution in [-0.2, 0) is 14.3 Å². The molecule has 15 heavy (non-hydrogen) atoms. The van der Waals surface area contributed by atoms with Gasteiger partial charge in [-0.2, -0.15) is 0 Å². The van der Waals surface area contributed by atoms with Crippen LogP contribution < -0.4 is 5.73 Å². The Hall–Kier alpha value is -1.10. The summed E-state index contributed by atoms with van der Waals surface area (Å²) in [5.74, 6) is -0.609. The van der Waals surface area contributed by atoms with Crippen molar-refractivity contribution in [2.24, 2.45) is 11.7 Å². The van der Waals surface area contributed by atoms with Crippen LogP contribution in [0, 0.1) is 5.92 Å². The summed E-state index contributed by atoms with van der Waals surface area (Å²) in [5, 5.41) is 0. The lowest BCUT2D eigenvalue weighted by Gasteiger charge is -2.18. The summed E-state index contributed by atoms with van der Waals surface area (Å²) in [6.07, 6.45) is -0.841. The van der Waals surface area contributed by atoms with Gasteiger partial charge in [-0.25, -0.2) is 4.79 Å². The first kappa shape index (κ1) is 13.9. The number of hydrogen-bond donors (Lipinski definition) is 1. The number of carbonyl (C=O) groups is 2. The molecule has 0 aliphatic carbocycles. The summed E-state index contributed by atoms with van der Waals surface area (Å²) < 4.78 is 9.25. The van der Waals surface area contributed by atoms with Crippen LogP contribution >= 0.6 is 0 Å². The minimum Gasteiger partial charge on any atom is -0.428 e. The first-order valence-corrected chi connectivity index (χ1v) is 4.88. The molecule has 88 valence electrons. The fourth-order valence-electron chi connectivity index (χ4n) is 0.773. The number of nitrogens with two attached hydrogens (primary N) is 1. The zero-order valence-electron chi connectivity index (χ0n) is 9.70. The maximum absolute atomic E-state index is 11.1. The Labute approximate surface area is 89.9 Å². The lowest BCUT2D eigenvalue weighted by molar-refractivity contribution is -0.142. The number of rotatable bonds is 3. The van der Waals surface area contributed by atoms with Gasteiger partial charge in [0.2, 0.25) is 0 Å². The summed E-state index contributed by atoms with van der Waals surface area (Å²) in [6, 6.07) is 0. The van der Waals surface area contributed by atoms with Gasteiger partial charge in [0.1, 0.15) is 5.60 Å². The Kier molecular flexibility index (Phi) is 5.28. The highest BCUT2D eigenvalue weighted by atomic mass is 16.7. The molecule has 1 unspecified atom stereocenters. The van der Waals surface area contributed by atoms with E-state index in [4.69, 9.17) is 10.5 Å². The zero-order chi connectivity index (χ0) is 12.1. The van der Waals surface area contributed by atoms with Crippen LogP contribution in [0.1, 0.15) is 34.1 Å². The molecule has 0 aliphatic rings. The van der Waals surface area contributed by atoms with Gasteiger partial charge in [0.05, 0.1) is 0 Å². The first-order valence-electron chi connectivity index (χ1n) is 4.88. The van der Waals surface area contributed by atoms with E-state index in [-0.39, 0.29) is 12.3 Å². The highest BCUT2D eigenvalue weighted by Crippen LogP contribution is 2.09. The molecule has 2 N–H and O–H groups in total. The van der Waals surface area contributed by atoms with Crippen molar-refractivity contribution in [2.45, 2.75) is 39.7 Å². The SMILES string of the molecule is CC(CN)CC(=O)OC(=O)OC(C)(C)C. The summed E-state index contributed by atoms with van der Waals surface area (Å²) >= 11 is 0. The molecule has 0 spiro atoms. The highest BCUT2D eigenvalue weighted by Gasteiger charge is 2.20. The van der Waals surface area contributed by atoms with Crippen LogP contribution in [0.15, 0.2) is 0 Å². The molecular formula is C10H19NO4. The topological polar surface area (TPSA) is 78.6 Å². The van der Waals surface area contributed by atoms with E-state index in [0.717, 1.165) is 0 Å². The molecule has 0 aromatic carbocycles. The quantitative estimate of drug-likeness (QED) is 0.571. The van der Waals surface area contributed by atoms with E-state index in [0.29, 0.717) is 6.54 Å². The van der Waals surface area contributed by atoms with Crippen molar-refractivity contribution in [1.29, 1.82) is 0 Å². The van der Waals surface area contributed by atoms with E-state index < -0.39 is 17.7 Å². The highest BCUT2D eigenvalue weighted by molar-refractivity contribution is 5.82. The maximum atomic E-state index is 11.1. The lowest BCUT2D eigenvalue weighted by Crippen LogP contribution is -2.27. The summed E-state index contributed by atoms with van der Waals surface area (Å²) in [5.41, 5.74) is 4.67. The third-order valence-electron chi connectivity index (χ3n) is 1.50. The molecule has 0 aromatic rings. The van der Waals surface area contributed by atoms with E-state index in [2.05, 4.69) is 4.74 Å².